The normalized spacial score (nSPS) is 13.8. The molecule has 2 amide bonds. The van der Waals surface area contributed by atoms with Crippen molar-refractivity contribution >= 4 is 23.3 Å². The third-order valence-electron chi connectivity index (χ3n) is 1.96. The number of carbonyl (C=O) groups is 2. The fourth-order valence-electron chi connectivity index (χ4n) is 1.09. The predicted octanol–water partition coefficient (Wildman–Crippen LogP) is -0.0512. The SMILES string of the molecule is CC(NC(=O)N[C@H](CO)C(=O)O)c1nccs1. The van der Waals surface area contributed by atoms with E-state index >= 15 is 0 Å². The van der Waals surface area contributed by atoms with Gasteiger partial charge in [0.15, 0.2) is 6.04 Å². The molecule has 1 unspecified atom stereocenters. The van der Waals surface area contributed by atoms with Crippen LogP contribution in [-0.2, 0) is 4.79 Å². The number of rotatable bonds is 5. The van der Waals surface area contributed by atoms with Gasteiger partial charge in [0.05, 0.1) is 12.6 Å². The number of amides is 2. The van der Waals surface area contributed by atoms with Crippen LogP contribution in [0.1, 0.15) is 18.0 Å². The average Bonchev–Trinajstić information content (AvgIpc) is 2.78. The van der Waals surface area contributed by atoms with Gasteiger partial charge in [-0.1, -0.05) is 0 Å². The first-order valence-corrected chi connectivity index (χ1v) is 5.72. The smallest absolute Gasteiger partial charge is 0.328 e. The number of aliphatic carboxylic acids is 1. The second-order valence-corrected chi connectivity index (χ2v) is 4.21. The van der Waals surface area contributed by atoms with E-state index in [1.165, 1.54) is 11.3 Å². The number of hydrogen-bond donors (Lipinski definition) is 4. The molecule has 1 heterocycles. The molecule has 7 nitrogen and oxygen atoms in total. The Balaban J connectivity index is 2.47. The third kappa shape index (κ3) is 4.00. The lowest BCUT2D eigenvalue weighted by molar-refractivity contribution is -0.140. The van der Waals surface area contributed by atoms with Crippen molar-refractivity contribution in [2.75, 3.05) is 6.61 Å². The molecule has 0 fully saturated rings. The highest BCUT2D eigenvalue weighted by atomic mass is 32.1. The predicted molar refractivity (Wildman–Crippen MR) is 60.7 cm³/mol. The Labute approximate surface area is 101 Å². The fourth-order valence-corrected chi connectivity index (χ4v) is 1.74. The molecule has 4 N–H and O–H groups in total. The van der Waals surface area contributed by atoms with Crippen molar-refractivity contribution in [1.82, 2.24) is 15.6 Å². The minimum absolute atomic E-state index is 0.317. The number of carboxylic acids is 1. The van der Waals surface area contributed by atoms with Crippen molar-refractivity contribution in [1.29, 1.82) is 0 Å². The number of aliphatic hydroxyl groups is 1. The van der Waals surface area contributed by atoms with E-state index in [4.69, 9.17) is 10.2 Å². The van der Waals surface area contributed by atoms with Gasteiger partial charge in [-0.25, -0.2) is 14.6 Å². The number of thiazole rings is 1. The average molecular weight is 259 g/mol. The van der Waals surface area contributed by atoms with Gasteiger partial charge in [0, 0.05) is 11.6 Å². The molecule has 17 heavy (non-hydrogen) atoms. The summed E-state index contributed by atoms with van der Waals surface area (Å²) in [6, 6.07) is -2.28. The molecule has 8 heteroatoms. The summed E-state index contributed by atoms with van der Waals surface area (Å²) in [5.74, 6) is -1.29. The summed E-state index contributed by atoms with van der Waals surface area (Å²) in [6.07, 6.45) is 1.61. The highest BCUT2D eigenvalue weighted by Gasteiger charge is 2.20. The van der Waals surface area contributed by atoms with E-state index in [2.05, 4.69) is 15.6 Å². The summed E-state index contributed by atoms with van der Waals surface area (Å²) in [7, 11) is 0. The molecule has 0 aromatic carbocycles. The topological polar surface area (TPSA) is 112 Å². The molecule has 0 spiro atoms. The van der Waals surface area contributed by atoms with Gasteiger partial charge in [0.25, 0.3) is 0 Å². The molecule has 1 aromatic heterocycles. The van der Waals surface area contributed by atoms with Crippen LogP contribution in [0.5, 0.6) is 0 Å². The van der Waals surface area contributed by atoms with Gasteiger partial charge in [-0.2, -0.15) is 0 Å². The van der Waals surface area contributed by atoms with Crippen LogP contribution in [0.15, 0.2) is 11.6 Å². The maximum atomic E-state index is 11.4. The molecule has 94 valence electrons. The Morgan fingerprint density at radius 3 is 2.71 bits per heavy atom. The number of nitrogens with one attached hydrogen (secondary N) is 2. The largest absolute Gasteiger partial charge is 0.480 e. The Hall–Kier alpha value is -1.67. The zero-order chi connectivity index (χ0) is 12.8. The summed E-state index contributed by atoms with van der Waals surface area (Å²) in [4.78, 5) is 26.0. The first-order valence-electron chi connectivity index (χ1n) is 4.84. The Morgan fingerprint density at radius 2 is 2.24 bits per heavy atom. The molecule has 1 rings (SSSR count). The van der Waals surface area contributed by atoms with E-state index in [0.29, 0.717) is 0 Å². The summed E-state index contributed by atoms with van der Waals surface area (Å²) in [5, 5.41) is 24.5. The van der Waals surface area contributed by atoms with Crippen LogP contribution >= 0.6 is 11.3 Å². The minimum atomic E-state index is -1.31. The first kappa shape index (κ1) is 13.4. The number of aromatic nitrogens is 1. The van der Waals surface area contributed by atoms with Gasteiger partial charge in [0.1, 0.15) is 5.01 Å². The second-order valence-electron chi connectivity index (χ2n) is 3.28. The maximum Gasteiger partial charge on any atom is 0.328 e. The summed E-state index contributed by atoms with van der Waals surface area (Å²) >= 11 is 1.38. The number of carboxylic acid groups (broad SMARTS) is 1. The lowest BCUT2D eigenvalue weighted by Gasteiger charge is -2.15. The van der Waals surface area contributed by atoms with Gasteiger partial charge in [-0.05, 0) is 6.92 Å². The molecule has 0 radical (unpaired) electrons. The fraction of sp³-hybridized carbons (Fsp3) is 0.444. The molecule has 0 bridgehead atoms. The second kappa shape index (κ2) is 6.16. The van der Waals surface area contributed by atoms with Crippen molar-refractivity contribution in [3.8, 4) is 0 Å². The molecule has 2 atom stereocenters. The van der Waals surface area contributed by atoms with Crippen LogP contribution in [0, 0.1) is 0 Å². The number of nitrogens with zero attached hydrogens (tertiary/aromatic N) is 1. The van der Waals surface area contributed by atoms with Gasteiger partial charge >= 0.3 is 12.0 Å². The van der Waals surface area contributed by atoms with Crippen molar-refractivity contribution < 1.29 is 19.8 Å². The van der Waals surface area contributed by atoms with Crippen molar-refractivity contribution in [2.24, 2.45) is 0 Å². The van der Waals surface area contributed by atoms with Crippen LogP contribution in [0.3, 0.4) is 0 Å². The maximum absolute atomic E-state index is 11.4. The van der Waals surface area contributed by atoms with E-state index in [9.17, 15) is 9.59 Å². The molecular formula is C9H13N3O4S. The monoisotopic (exact) mass is 259 g/mol. The van der Waals surface area contributed by atoms with Crippen LogP contribution in [0.4, 0.5) is 4.79 Å². The summed E-state index contributed by atoms with van der Waals surface area (Å²) in [5.41, 5.74) is 0. The highest BCUT2D eigenvalue weighted by molar-refractivity contribution is 7.09. The molecule has 0 aliphatic rings. The van der Waals surface area contributed by atoms with E-state index in [0.717, 1.165) is 5.01 Å². The molecular weight excluding hydrogens is 246 g/mol. The summed E-state index contributed by atoms with van der Waals surface area (Å²) in [6.45, 7) is 1.07. The van der Waals surface area contributed by atoms with Crippen LogP contribution < -0.4 is 10.6 Å². The van der Waals surface area contributed by atoms with E-state index in [1.807, 2.05) is 0 Å². The van der Waals surface area contributed by atoms with Crippen LogP contribution in [0.2, 0.25) is 0 Å². The quantitative estimate of drug-likeness (QED) is 0.592. The zero-order valence-electron chi connectivity index (χ0n) is 9.08. The van der Waals surface area contributed by atoms with Gasteiger partial charge < -0.3 is 20.8 Å². The van der Waals surface area contributed by atoms with E-state index in [-0.39, 0.29) is 6.04 Å². The molecule has 0 aliphatic carbocycles. The molecule has 1 aromatic rings. The van der Waals surface area contributed by atoms with Crippen LogP contribution in [-0.4, -0.2) is 39.8 Å². The summed E-state index contributed by atoms with van der Waals surface area (Å²) < 4.78 is 0. The van der Waals surface area contributed by atoms with Crippen molar-refractivity contribution in [3.05, 3.63) is 16.6 Å². The van der Waals surface area contributed by atoms with Crippen molar-refractivity contribution in [3.63, 3.8) is 0 Å². The third-order valence-corrected chi connectivity index (χ3v) is 2.91. The number of hydrogen-bond acceptors (Lipinski definition) is 5. The number of urea groups is 1. The Kier molecular flexibility index (Phi) is 4.85. The minimum Gasteiger partial charge on any atom is -0.480 e. The van der Waals surface area contributed by atoms with E-state index in [1.54, 1.807) is 18.5 Å². The lowest BCUT2D eigenvalue weighted by Crippen LogP contribution is -2.48. The van der Waals surface area contributed by atoms with Crippen LogP contribution in [0.25, 0.3) is 0 Å². The van der Waals surface area contributed by atoms with Gasteiger partial charge in [0.2, 0.25) is 0 Å². The molecule has 0 saturated carbocycles. The Bertz CT molecular complexity index is 382. The first-order chi connectivity index (χ1) is 8.04. The van der Waals surface area contributed by atoms with E-state index < -0.39 is 24.6 Å². The van der Waals surface area contributed by atoms with Crippen molar-refractivity contribution in [2.45, 2.75) is 19.0 Å². The van der Waals surface area contributed by atoms with Gasteiger partial charge in [-0.3, -0.25) is 0 Å². The Morgan fingerprint density at radius 1 is 1.53 bits per heavy atom. The van der Waals surface area contributed by atoms with Gasteiger partial charge in [-0.15, -0.1) is 11.3 Å². The number of carbonyl (C=O) groups excluding carboxylic acids is 1. The molecule has 0 saturated heterocycles. The molecule has 0 aliphatic heterocycles. The highest BCUT2D eigenvalue weighted by Crippen LogP contribution is 2.14. The zero-order valence-corrected chi connectivity index (χ0v) is 9.90. The standard InChI is InChI=1S/C9H13N3O4S/c1-5(7-10-2-3-17-7)11-9(16)12-6(4-13)8(14)15/h2-3,5-6,13H,4H2,1H3,(H,14,15)(H2,11,12,16)/t5?,6-/m1/s1. The lowest BCUT2D eigenvalue weighted by atomic mass is 10.3. The number of aliphatic hydroxyl groups excluding tert-OH is 1.